The smallest absolute Gasteiger partial charge is 0.335 e. The van der Waals surface area contributed by atoms with Gasteiger partial charge in [-0.25, -0.2) is 9.78 Å². The largest absolute Gasteiger partial charge is 0.478 e. The normalized spacial score (nSPS) is 10.3. The van der Waals surface area contributed by atoms with Crippen molar-refractivity contribution >= 4 is 29.1 Å². The van der Waals surface area contributed by atoms with E-state index in [-0.39, 0.29) is 10.7 Å². The molecule has 2 rings (SSSR count). The summed E-state index contributed by atoms with van der Waals surface area (Å²) in [7, 11) is 0. The number of aryl methyl sites for hydroxylation is 2. The molecule has 5 heteroatoms. The second kappa shape index (κ2) is 5.92. The minimum atomic E-state index is -1.03. The number of pyridine rings is 1. The zero-order valence-electron chi connectivity index (χ0n) is 11.3. The molecule has 0 atom stereocenters. The van der Waals surface area contributed by atoms with Gasteiger partial charge in [-0.2, -0.15) is 0 Å². The lowest BCUT2D eigenvalue weighted by Gasteiger charge is -2.14. The Morgan fingerprint density at radius 3 is 2.80 bits per heavy atom. The van der Waals surface area contributed by atoms with E-state index in [2.05, 4.69) is 17.2 Å². The van der Waals surface area contributed by atoms with Gasteiger partial charge in [-0.05, 0) is 36.6 Å². The van der Waals surface area contributed by atoms with Crippen LogP contribution in [0.1, 0.15) is 28.4 Å². The third-order valence-corrected chi connectivity index (χ3v) is 3.23. The molecule has 0 saturated carbocycles. The molecule has 2 aromatic rings. The highest BCUT2D eigenvalue weighted by Gasteiger charge is 2.10. The second-order valence-corrected chi connectivity index (χ2v) is 4.84. The predicted octanol–water partition coefficient (Wildman–Crippen LogP) is 4.05. The fraction of sp³-hybridized carbons (Fsp3) is 0.200. The van der Waals surface area contributed by atoms with Crippen LogP contribution >= 0.6 is 11.6 Å². The van der Waals surface area contributed by atoms with Crippen LogP contribution in [0.3, 0.4) is 0 Å². The molecular weight excluding hydrogens is 276 g/mol. The third kappa shape index (κ3) is 3.08. The lowest BCUT2D eigenvalue weighted by molar-refractivity contribution is 0.0697. The number of aromatic carboxylic acids is 1. The summed E-state index contributed by atoms with van der Waals surface area (Å²) in [4.78, 5) is 15.2. The van der Waals surface area contributed by atoms with E-state index in [9.17, 15) is 4.79 Å². The Balaban J connectivity index is 2.42. The van der Waals surface area contributed by atoms with Gasteiger partial charge in [0.05, 0.1) is 5.56 Å². The highest BCUT2D eigenvalue weighted by atomic mass is 35.5. The Bertz CT molecular complexity index is 656. The Hall–Kier alpha value is -2.07. The maximum absolute atomic E-state index is 11.0. The van der Waals surface area contributed by atoms with Crippen molar-refractivity contribution in [2.75, 3.05) is 5.32 Å². The SMILES string of the molecule is CCc1cccc(C)c1Nc1cc(C(=O)O)cc(Cl)n1. The molecule has 2 N–H and O–H groups in total. The van der Waals surface area contributed by atoms with Gasteiger partial charge in [0.25, 0.3) is 0 Å². The first kappa shape index (κ1) is 14.3. The van der Waals surface area contributed by atoms with Crippen molar-refractivity contribution < 1.29 is 9.90 Å². The number of halogens is 1. The molecule has 1 aromatic carbocycles. The molecule has 0 fully saturated rings. The number of benzene rings is 1. The Morgan fingerprint density at radius 1 is 1.40 bits per heavy atom. The predicted molar refractivity (Wildman–Crippen MR) is 80.0 cm³/mol. The highest BCUT2D eigenvalue weighted by Crippen LogP contribution is 2.26. The standard InChI is InChI=1S/C15H15ClN2O2/c1-3-10-6-4-5-9(2)14(10)18-13-8-11(15(19)20)7-12(16)17-13/h4-8H,3H2,1-2H3,(H,17,18)(H,19,20). The molecule has 0 bridgehead atoms. The topological polar surface area (TPSA) is 62.2 Å². The summed E-state index contributed by atoms with van der Waals surface area (Å²) in [6.45, 7) is 4.05. The quantitative estimate of drug-likeness (QED) is 0.834. The summed E-state index contributed by atoms with van der Waals surface area (Å²) in [5, 5.41) is 12.4. The van der Waals surface area contributed by atoms with Crippen molar-refractivity contribution in [3.8, 4) is 0 Å². The lowest BCUT2D eigenvalue weighted by atomic mass is 10.1. The molecule has 0 radical (unpaired) electrons. The molecule has 104 valence electrons. The van der Waals surface area contributed by atoms with Crippen LogP contribution in [-0.2, 0) is 6.42 Å². The summed E-state index contributed by atoms with van der Waals surface area (Å²) < 4.78 is 0. The van der Waals surface area contributed by atoms with Gasteiger partial charge in [-0.3, -0.25) is 0 Å². The van der Waals surface area contributed by atoms with Crippen molar-refractivity contribution in [1.82, 2.24) is 4.98 Å². The average Bonchev–Trinajstić information content (AvgIpc) is 2.40. The summed E-state index contributed by atoms with van der Waals surface area (Å²) >= 11 is 5.86. The Labute approximate surface area is 122 Å². The van der Waals surface area contributed by atoms with Crippen molar-refractivity contribution in [1.29, 1.82) is 0 Å². The molecule has 1 aromatic heterocycles. The number of hydrogen-bond donors (Lipinski definition) is 2. The van der Waals surface area contributed by atoms with E-state index in [1.807, 2.05) is 25.1 Å². The summed E-state index contributed by atoms with van der Waals surface area (Å²) in [6, 6.07) is 8.81. The van der Waals surface area contributed by atoms with E-state index in [1.54, 1.807) is 0 Å². The van der Waals surface area contributed by atoms with Crippen molar-refractivity contribution in [3.63, 3.8) is 0 Å². The number of para-hydroxylation sites is 1. The van der Waals surface area contributed by atoms with Gasteiger partial charge in [0, 0.05) is 5.69 Å². The van der Waals surface area contributed by atoms with Crippen LogP contribution < -0.4 is 5.32 Å². The van der Waals surface area contributed by atoms with Gasteiger partial charge in [-0.15, -0.1) is 0 Å². The monoisotopic (exact) mass is 290 g/mol. The number of carbonyl (C=O) groups is 1. The maximum Gasteiger partial charge on any atom is 0.335 e. The van der Waals surface area contributed by atoms with E-state index in [0.29, 0.717) is 5.82 Å². The minimum Gasteiger partial charge on any atom is -0.478 e. The molecule has 0 amide bonds. The van der Waals surface area contributed by atoms with E-state index in [4.69, 9.17) is 16.7 Å². The number of carboxylic acid groups (broad SMARTS) is 1. The van der Waals surface area contributed by atoms with E-state index in [1.165, 1.54) is 12.1 Å². The molecule has 4 nitrogen and oxygen atoms in total. The van der Waals surface area contributed by atoms with Gasteiger partial charge in [0.2, 0.25) is 0 Å². The fourth-order valence-electron chi connectivity index (χ4n) is 2.01. The molecule has 0 unspecified atom stereocenters. The molecule has 0 aliphatic carbocycles. The third-order valence-electron chi connectivity index (χ3n) is 3.03. The molecule has 0 spiro atoms. The minimum absolute atomic E-state index is 0.110. The first-order chi connectivity index (χ1) is 9.51. The van der Waals surface area contributed by atoms with E-state index < -0.39 is 5.97 Å². The zero-order valence-corrected chi connectivity index (χ0v) is 12.0. The Kier molecular flexibility index (Phi) is 4.25. The first-order valence-corrected chi connectivity index (χ1v) is 6.65. The Morgan fingerprint density at radius 2 is 2.15 bits per heavy atom. The van der Waals surface area contributed by atoms with Crippen LogP contribution in [0.2, 0.25) is 5.15 Å². The molecular formula is C15H15ClN2O2. The van der Waals surface area contributed by atoms with E-state index in [0.717, 1.165) is 23.2 Å². The van der Waals surface area contributed by atoms with Crippen LogP contribution in [0, 0.1) is 6.92 Å². The molecule has 1 heterocycles. The first-order valence-electron chi connectivity index (χ1n) is 6.27. The number of aromatic nitrogens is 1. The number of rotatable bonds is 4. The van der Waals surface area contributed by atoms with Crippen molar-refractivity contribution in [2.24, 2.45) is 0 Å². The van der Waals surface area contributed by atoms with Gasteiger partial charge in [0.1, 0.15) is 11.0 Å². The summed E-state index contributed by atoms with van der Waals surface area (Å²) in [6.07, 6.45) is 0.871. The van der Waals surface area contributed by atoms with Crippen LogP contribution in [0.5, 0.6) is 0 Å². The van der Waals surface area contributed by atoms with Crippen LogP contribution in [0.4, 0.5) is 11.5 Å². The van der Waals surface area contributed by atoms with Crippen LogP contribution in [0.15, 0.2) is 30.3 Å². The highest BCUT2D eigenvalue weighted by molar-refractivity contribution is 6.29. The van der Waals surface area contributed by atoms with Crippen LogP contribution in [0.25, 0.3) is 0 Å². The van der Waals surface area contributed by atoms with Crippen molar-refractivity contribution in [3.05, 3.63) is 52.2 Å². The summed E-state index contributed by atoms with van der Waals surface area (Å²) in [5.41, 5.74) is 3.27. The number of anilines is 2. The van der Waals surface area contributed by atoms with Crippen LogP contribution in [-0.4, -0.2) is 16.1 Å². The molecule has 0 aliphatic rings. The fourth-order valence-corrected chi connectivity index (χ4v) is 2.22. The van der Waals surface area contributed by atoms with E-state index >= 15 is 0 Å². The number of nitrogens with zero attached hydrogens (tertiary/aromatic N) is 1. The molecule has 0 saturated heterocycles. The molecule has 20 heavy (non-hydrogen) atoms. The van der Waals surface area contributed by atoms with Gasteiger partial charge in [-0.1, -0.05) is 36.7 Å². The van der Waals surface area contributed by atoms with Crippen molar-refractivity contribution in [2.45, 2.75) is 20.3 Å². The second-order valence-electron chi connectivity index (χ2n) is 4.46. The van der Waals surface area contributed by atoms with Gasteiger partial charge >= 0.3 is 5.97 Å². The lowest BCUT2D eigenvalue weighted by Crippen LogP contribution is -2.03. The average molecular weight is 291 g/mol. The van der Waals surface area contributed by atoms with Gasteiger partial charge < -0.3 is 10.4 Å². The summed E-state index contributed by atoms with van der Waals surface area (Å²) in [5.74, 6) is -0.600. The number of nitrogens with one attached hydrogen (secondary N) is 1. The zero-order chi connectivity index (χ0) is 14.7. The van der Waals surface area contributed by atoms with Gasteiger partial charge in [0.15, 0.2) is 0 Å². The number of carboxylic acids is 1. The number of hydrogen-bond acceptors (Lipinski definition) is 3. The maximum atomic E-state index is 11.0. The molecule has 0 aliphatic heterocycles.